The van der Waals surface area contributed by atoms with Gasteiger partial charge in [-0.2, -0.15) is 0 Å². The Balaban J connectivity index is 1.74. The lowest BCUT2D eigenvalue weighted by Gasteiger charge is -2.60. The fourth-order valence-corrected chi connectivity index (χ4v) is 8.51. The molecule has 4 aliphatic carbocycles. The lowest BCUT2D eigenvalue weighted by atomic mass is 9.42. The molecule has 7 heteroatoms. The fourth-order valence-electron chi connectivity index (χ4n) is 8.51. The summed E-state index contributed by atoms with van der Waals surface area (Å²) in [4.78, 5) is 39.9. The minimum atomic E-state index is -1.93. The largest absolute Gasteiger partial charge is 0.393 e. The number of carbonyl (C=O) groups excluding carboxylic acids is 3. The zero-order chi connectivity index (χ0) is 27.2. The van der Waals surface area contributed by atoms with Crippen molar-refractivity contribution >= 4 is 17.3 Å². The van der Waals surface area contributed by atoms with Crippen LogP contribution in [0, 0.1) is 39.9 Å². The van der Waals surface area contributed by atoms with Gasteiger partial charge in [0.25, 0.3) is 0 Å². The highest BCUT2D eigenvalue weighted by atomic mass is 16.3. The van der Waals surface area contributed by atoms with Crippen molar-refractivity contribution in [3.05, 3.63) is 23.8 Å². The number of hydrogen-bond donors (Lipinski definition) is 4. The van der Waals surface area contributed by atoms with Crippen molar-refractivity contribution in [2.75, 3.05) is 0 Å². The van der Waals surface area contributed by atoms with Gasteiger partial charge in [0.2, 0.25) is 0 Å². The monoisotopic (exact) mass is 502 g/mol. The molecule has 0 aromatic rings. The number of hydrogen-bond acceptors (Lipinski definition) is 7. The third-order valence-corrected chi connectivity index (χ3v) is 10.4. The normalized spacial score (nSPS) is 43.9. The van der Waals surface area contributed by atoms with Gasteiger partial charge in [-0.1, -0.05) is 31.6 Å². The van der Waals surface area contributed by atoms with E-state index in [0.717, 1.165) is 11.6 Å². The molecule has 3 unspecified atom stereocenters. The summed E-state index contributed by atoms with van der Waals surface area (Å²) in [6.45, 7) is 11.9. The average Bonchev–Trinajstić information content (AvgIpc) is 3.00. The highest BCUT2D eigenvalue weighted by Gasteiger charge is 2.70. The van der Waals surface area contributed by atoms with Crippen LogP contribution >= 0.6 is 0 Å². The summed E-state index contributed by atoms with van der Waals surface area (Å²) in [6.07, 6.45) is 3.67. The summed E-state index contributed by atoms with van der Waals surface area (Å²) in [5.74, 6) is -2.25. The second-order valence-corrected chi connectivity index (χ2v) is 13.6. The second kappa shape index (κ2) is 8.16. The molecule has 0 spiro atoms. The first-order chi connectivity index (χ1) is 16.3. The van der Waals surface area contributed by atoms with E-state index in [-0.39, 0.29) is 42.2 Å². The number of ketones is 3. The van der Waals surface area contributed by atoms with Crippen LogP contribution < -0.4 is 0 Å². The third-order valence-electron chi connectivity index (χ3n) is 10.4. The van der Waals surface area contributed by atoms with E-state index in [2.05, 4.69) is 6.08 Å². The lowest BCUT2D eigenvalue weighted by Crippen LogP contribution is -2.62. The average molecular weight is 503 g/mol. The van der Waals surface area contributed by atoms with Crippen molar-refractivity contribution < 1.29 is 34.8 Å². The van der Waals surface area contributed by atoms with Gasteiger partial charge >= 0.3 is 0 Å². The number of allylic oxidation sites excluding steroid dienone is 2. The van der Waals surface area contributed by atoms with Crippen molar-refractivity contribution in [2.24, 2.45) is 39.9 Å². The first-order valence-electron chi connectivity index (χ1n) is 13.1. The van der Waals surface area contributed by atoms with Crippen molar-refractivity contribution in [3.63, 3.8) is 0 Å². The maximum absolute atomic E-state index is 14.1. The van der Waals surface area contributed by atoms with Crippen molar-refractivity contribution in [3.8, 4) is 0 Å². The van der Waals surface area contributed by atoms with Gasteiger partial charge in [-0.05, 0) is 83.1 Å². The number of fused-ring (bicyclic) bond motifs is 5. The van der Waals surface area contributed by atoms with Gasteiger partial charge in [-0.15, -0.1) is 0 Å². The standard InChI is InChI=1S/C29H42O7/c1-25(2,35)11-10-21(32)29(7,36)23-19(30)12-17-16-9-8-15-18(13-20(31)24(34)26(15,3)4)28(16,6)22(33)14-27(17,23)5/h8,10-11,16-20,23,30-31,35-36H,9,12-14H2,1-7H3/b11-10+/t16-,17?,18+,19?,20?,23-,27-,28+,29-/m0/s1. The van der Waals surface area contributed by atoms with Crippen LogP contribution in [0.5, 0.6) is 0 Å². The van der Waals surface area contributed by atoms with Gasteiger partial charge in [0.15, 0.2) is 11.6 Å². The van der Waals surface area contributed by atoms with Crippen LogP contribution in [0.1, 0.15) is 74.1 Å². The number of aliphatic hydroxyl groups excluding tert-OH is 2. The molecule has 3 fully saturated rings. The molecular formula is C29H42O7. The van der Waals surface area contributed by atoms with E-state index >= 15 is 0 Å². The summed E-state index contributed by atoms with van der Waals surface area (Å²) in [7, 11) is 0. The molecule has 7 nitrogen and oxygen atoms in total. The van der Waals surface area contributed by atoms with Gasteiger partial charge in [-0.25, -0.2) is 0 Å². The number of carbonyl (C=O) groups is 3. The molecule has 0 radical (unpaired) electrons. The molecule has 0 aliphatic heterocycles. The quantitative estimate of drug-likeness (QED) is 0.343. The van der Waals surface area contributed by atoms with Crippen LogP contribution in [0.4, 0.5) is 0 Å². The van der Waals surface area contributed by atoms with Crippen LogP contribution in [0.25, 0.3) is 0 Å². The molecule has 36 heavy (non-hydrogen) atoms. The van der Waals surface area contributed by atoms with Crippen LogP contribution in [0.3, 0.4) is 0 Å². The molecule has 200 valence electrons. The van der Waals surface area contributed by atoms with Crippen molar-refractivity contribution in [2.45, 2.75) is 97.6 Å². The zero-order valence-corrected chi connectivity index (χ0v) is 22.5. The van der Waals surface area contributed by atoms with E-state index in [1.807, 2.05) is 27.7 Å². The highest BCUT2D eigenvalue weighted by molar-refractivity contribution is 5.97. The van der Waals surface area contributed by atoms with Crippen LogP contribution in [-0.2, 0) is 14.4 Å². The minimum absolute atomic E-state index is 0.00594. The Morgan fingerprint density at radius 1 is 1.03 bits per heavy atom. The molecule has 0 saturated heterocycles. The molecule has 0 bridgehead atoms. The van der Waals surface area contributed by atoms with Crippen LogP contribution in [0.2, 0.25) is 0 Å². The lowest BCUT2D eigenvalue weighted by molar-refractivity contribution is -0.169. The Kier molecular flexibility index (Phi) is 6.21. The first kappa shape index (κ1) is 27.4. The third kappa shape index (κ3) is 3.72. The van der Waals surface area contributed by atoms with Crippen molar-refractivity contribution in [1.82, 2.24) is 0 Å². The Labute approximate surface area is 213 Å². The Hall–Kier alpha value is -1.67. The smallest absolute Gasteiger partial charge is 0.187 e. The topological polar surface area (TPSA) is 132 Å². The summed E-state index contributed by atoms with van der Waals surface area (Å²) in [6, 6.07) is 0. The van der Waals surface area contributed by atoms with Crippen LogP contribution in [-0.4, -0.2) is 61.2 Å². The molecule has 0 aromatic heterocycles. The Morgan fingerprint density at radius 2 is 1.64 bits per heavy atom. The number of Topliss-reactive ketones (excluding diaryl/α,β-unsaturated/α-hetero) is 2. The fraction of sp³-hybridized carbons (Fsp3) is 0.759. The number of rotatable bonds is 4. The van der Waals surface area contributed by atoms with Gasteiger partial charge in [0.05, 0.1) is 11.7 Å². The molecule has 3 saturated carbocycles. The maximum Gasteiger partial charge on any atom is 0.187 e. The summed E-state index contributed by atoms with van der Waals surface area (Å²) in [5.41, 5.74) is -4.71. The molecule has 0 aromatic carbocycles. The molecule has 9 atom stereocenters. The highest BCUT2D eigenvalue weighted by Crippen LogP contribution is 2.68. The second-order valence-electron chi connectivity index (χ2n) is 13.6. The van der Waals surface area contributed by atoms with E-state index in [1.165, 1.54) is 26.8 Å². The molecule has 4 N–H and O–H groups in total. The van der Waals surface area contributed by atoms with E-state index in [9.17, 15) is 34.8 Å². The zero-order valence-electron chi connectivity index (χ0n) is 22.5. The predicted octanol–water partition coefficient (Wildman–Crippen LogP) is 2.54. The predicted molar refractivity (Wildman–Crippen MR) is 134 cm³/mol. The number of aliphatic hydroxyl groups is 4. The summed E-state index contributed by atoms with van der Waals surface area (Å²) < 4.78 is 0. The maximum atomic E-state index is 14.1. The van der Waals surface area contributed by atoms with Gasteiger partial charge in [0.1, 0.15) is 17.5 Å². The molecule has 4 aliphatic rings. The van der Waals surface area contributed by atoms with Crippen molar-refractivity contribution in [1.29, 1.82) is 0 Å². The van der Waals surface area contributed by atoms with Crippen LogP contribution in [0.15, 0.2) is 23.8 Å². The van der Waals surface area contributed by atoms with Gasteiger partial charge in [-0.3, -0.25) is 14.4 Å². The first-order valence-corrected chi connectivity index (χ1v) is 13.1. The Morgan fingerprint density at radius 3 is 2.22 bits per heavy atom. The van der Waals surface area contributed by atoms with Gasteiger partial charge < -0.3 is 20.4 Å². The minimum Gasteiger partial charge on any atom is -0.393 e. The molecular weight excluding hydrogens is 460 g/mol. The van der Waals surface area contributed by atoms with Gasteiger partial charge in [0, 0.05) is 23.2 Å². The van der Waals surface area contributed by atoms with E-state index < -0.39 is 51.4 Å². The SMILES string of the molecule is CC(C)(O)/C=C/C(=O)[C@](C)(O)[C@H]1C(O)CC2[C@@H]3CC=C4[C@@H](CC(O)C(=O)C4(C)C)[C@]3(C)C(=O)C[C@@]21C. The molecule has 4 rings (SSSR count). The van der Waals surface area contributed by atoms with E-state index in [1.54, 1.807) is 0 Å². The molecule has 0 heterocycles. The van der Waals surface area contributed by atoms with E-state index in [0.29, 0.717) is 12.8 Å². The molecule has 0 amide bonds. The summed E-state index contributed by atoms with van der Waals surface area (Å²) in [5, 5.41) is 43.3. The summed E-state index contributed by atoms with van der Waals surface area (Å²) >= 11 is 0. The Bertz CT molecular complexity index is 1040. The van der Waals surface area contributed by atoms with E-state index in [4.69, 9.17) is 0 Å².